The fourth-order valence-corrected chi connectivity index (χ4v) is 6.00. The molecular formula is C29H33F6N3O3. The molecule has 2 aromatic carbocycles. The van der Waals surface area contributed by atoms with Crippen molar-refractivity contribution in [2.24, 2.45) is 0 Å². The molecule has 2 saturated heterocycles. The van der Waals surface area contributed by atoms with E-state index >= 15 is 0 Å². The molecule has 12 heteroatoms. The van der Waals surface area contributed by atoms with E-state index in [1.807, 2.05) is 12.1 Å². The average molecular weight is 586 g/mol. The summed E-state index contributed by atoms with van der Waals surface area (Å²) in [4.78, 5) is 17.7. The van der Waals surface area contributed by atoms with Gasteiger partial charge in [0.15, 0.2) is 11.5 Å². The molecular weight excluding hydrogens is 552 g/mol. The van der Waals surface area contributed by atoms with Gasteiger partial charge in [0.25, 0.3) is 0 Å². The fraction of sp³-hybridized carbons (Fsp3) is 0.552. The normalized spacial score (nSPS) is 19.8. The Balaban J connectivity index is 1.29. The summed E-state index contributed by atoms with van der Waals surface area (Å²) in [5, 5.41) is 2.76. The summed E-state index contributed by atoms with van der Waals surface area (Å²) < 4.78 is 90.6. The number of alkyl halides is 6. The molecule has 6 nitrogen and oxygen atoms in total. The van der Waals surface area contributed by atoms with Crippen LogP contribution >= 0.6 is 0 Å². The maximum absolute atomic E-state index is 13.3. The average Bonchev–Trinajstić information content (AvgIpc) is 3.41. The Morgan fingerprint density at radius 3 is 2.12 bits per heavy atom. The van der Waals surface area contributed by atoms with Crippen LogP contribution in [0.3, 0.4) is 0 Å². The summed E-state index contributed by atoms with van der Waals surface area (Å²) >= 11 is 0. The molecule has 1 atom stereocenters. The van der Waals surface area contributed by atoms with E-state index in [4.69, 9.17) is 9.47 Å². The van der Waals surface area contributed by atoms with Crippen LogP contribution in [-0.4, -0.2) is 61.3 Å². The number of hydrogen-bond acceptors (Lipinski definition) is 5. The zero-order valence-corrected chi connectivity index (χ0v) is 22.5. The minimum absolute atomic E-state index is 0.0601. The molecule has 3 aliphatic heterocycles. The Morgan fingerprint density at radius 2 is 1.49 bits per heavy atom. The van der Waals surface area contributed by atoms with Crippen LogP contribution in [0.5, 0.6) is 11.5 Å². The number of nitrogens with one attached hydrogen (secondary N) is 1. The van der Waals surface area contributed by atoms with Gasteiger partial charge >= 0.3 is 12.4 Å². The second-order valence-electron chi connectivity index (χ2n) is 10.9. The van der Waals surface area contributed by atoms with Gasteiger partial charge in [-0.15, -0.1) is 0 Å². The summed E-state index contributed by atoms with van der Waals surface area (Å²) in [5.74, 6) is 0.544. The van der Waals surface area contributed by atoms with E-state index in [2.05, 4.69) is 15.1 Å². The van der Waals surface area contributed by atoms with Gasteiger partial charge in [0.2, 0.25) is 12.7 Å². The first-order chi connectivity index (χ1) is 19.5. The molecule has 1 amide bonds. The second kappa shape index (κ2) is 12.1. The van der Waals surface area contributed by atoms with Gasteiger partial charge in [0.05, 0.1) is 23.6 Å². The number of carbonyl (C=O) groups is 1. The third kappa shape index (κ3) is 7.27. The van der Waals surface area contributed by atoms with Gasteiger partial charge in [-0.2, -0.15) is 26.3 Å². The van der Waals surface area contributed by atoms with Gasteiger partial charge in [-0.05, 0) is 80.2 Å². The summed E-state index contributed by atoms with van der Waals surface area (Å²) in [5.41, 5.74) is -2.36. The lowest BCUT2D eigenvalue weighted by atomic mass is 9.96. The topological polar surface area (TPSA) is 54.0 Å². The molecule has 224 valence electrons. The van der Waals surface area contributed by atoms with Crippen LogP contribution in [0.2, 0.25) is 0 Å². The Hall–Kier alpha value is -2.99. The van der Waals surface area contributed by atoms with E-state index in [0.29, 0.717) is 29.7 Å². The van der Waals surface area contributed by atoms with Crippen LogP contribution in [0, 0.1) is 0 Å². The molecule has 41 heavy (non-hydrogen) atoms. The Morgan fingerprint density at radius 1 is 0.854 bits per heavy atom. The van der Waals surface area contributed by atoms with E-state index in [1.54, 1.807) is 6.07 Å². The highest BCUT2D eigenvalue weighted by Gasteiger charge is 2.37. The smallest absolute Gasteiger partial charge is 0.416 e. The number of carbonyl (C=O) groups excluding carboxylic acids is 1. The second-order valence-corrected chi connectivity index (χ2v) is 10.9. The van der Waals surface area contributed by atoms with Crippen LogP contribution in [-0.2, 0) is 23.6 Å². The van der Waals surface area contributed by atoms with Crippen molar-refractivity contribution in [2.75, 3.05) is 39.5 Å². The monoisotopic (exact) mass is 585 g/mol. The van der Waals surface area contributed by atoms with Gasteiger partial charge in [-0.1, -0.05) is 12.5 Å². The van der Waals surface area contributed by atoms with Crippen LogP contribution in [0.1, 0.15) is 60.4 Å². The van der Waals surface area contributed by atoms with Gasteiger partial charge in [0.1, 0.15) is 0 Å². The minimum Gasteiger partial charge on any atom is -0.454 e. The van der Waals surface area contributed by atoms with E-state index in [0.717, 1.165) is 44.6 Å². The predicted molar refractivity (Wildman–Crippen MR) is 138 cm³/mol. The van der Waals surface area contributed by atoms with Gasteiger partial charge in [-0.3, -0.25) is 9.69 Å². The number of ether oxygens (including phenoxy) is 2. The Bertz CT molecular complexity index is 1190. The van der Waals surface area contributed by atoms with Crippen molar-refractivity contribution in [1.29, 1.82) is 0 Å². The van der Waals surface area contributed by atoms with E-state index < -0.39 is 35.8 Å². The van der Waals surface area contributed by atoms with E-state index in [9.17, 15) is 31.1 Å². The molecule has 0 aromatic heterocycles. The Labute approximate surface area is 234 Å². The number of amides is 1. The minimum atomic E-state index is -4.97. The van der Waals surface area contributed by atoms with Crippen molar-refractivity contribution in [2.45, 2.75) is 63.0 Å². The largest absolute Gasteiger partial charge is 0.454 e. The number of halogens is 6. The molecule has 0 bridgehead atoms. The van der Waals surface area contributed by atoms with Crippen LogP contribution < -0.4 is 14.8 Å². The zero-order valence-electron chi connectivity index (χ0n) is 22.5. The third-order valence-electron chi connectivity index (χ3n) is 8.13. The summed E-state index contributed by atoms with van der Waals surface area (Å²) in [6.45, 7) is 4.05. The number of fused-ring (bicyclic) bond motifs is 1. The van der Waals surface area contributed by atoms with Crippen molar-refractivity contribution in [1.82, 2.24) is 15.1 Å². The first-order valence-corrected chi connectivity index (χ1v) is 13.9. The lowest BCUT2D eigenvalue weighted by Crippen LogP contribution is -2.49. The van der Waals surface area contributed by atoms with Crippen molar-refractivity contribution < 1.29 is 40.6 Å². The maximum Gasteiger partial charge on any atom is 0.416 e. The first-order valence-electron chi connectivity index (χ1n) is 13.9. The molecule has 1 unspecified atom stereocenters. The molecule has 0 aliphatic carbocycles. The zero-order chi connectivity index (χ0) is 29.2. The number of benzene rings is 2. The first kappa shape index (κ1) is 29.5. The number of likely N-dealkylation sites (tertiary alicyclic amines) is 2. The van der Waals surface area contributed by atoms with E-state index in [-0.39, 0.29) is 31.0 Å². The molecule has 0 saturated carbocycles. The highest BCUT2D eigenvalue weighted by atomic mass is 19.4. The standard InChI is InChI=1S/C29H33F6N3O3/c30-28(31,32)21-12-19(13-22(16-21)29(33,34)35)14-27(39)36-17-24(20-4-5-25-26(15-20)41-18-40-25)38-10-6-23(7-11-38)37-8-2-1-3-9-37/h4-5,12-13,15-16,23-24H,1-3,6-11,14,17-18H2,(H,36,39). The highest BCUT2D eigenvalue weighted by Crippen LogP contribution is 2.38. The number of hydrogen-bond donors (Lipinski definition) is 1. The molecule has 1 N–H and O–H groups in total. The molecule has 0 radical (unpaired) electrons. The van der Waals surface area contributed by atoms with Crippen LogP contribution in [0.25, 0.3) is 0 Å². The molecule has 5 rings (SSSR count). The quantitative estimate of drug-likeness (QED) is 0.417. The van der Waals surface area contributed by atoms with Crippen LogP contribution in [0.4, 0.5) is 26.3 Å². The van der Waals surface area contributed by atoms with Gasteiger partial charge in [-0.25, -0.2) is 0 Å². The number of rotatable bonds is 7. The fourth-order valence-electron chi connectivity index (χ4n) is 6.00. The van der Waals surface area contributed by atoms with Crippen molar-refractivity contribution in [3.8, 4) is 11.5 Å². The Kier molecular flexibility index (Phi) is 8.70. The van der Waals surface area contributed by atoms with Crippen molar-refractivity contribution >= 4 is 5.91 Å². The molecule has 2 aromatic rings. The predicted octanol–water partition coefficient (Wildman–Crippen LogP) is 5.80. The van der Waals surface area contributed by atoms with Gasteiger partial charge in [0, 0.05) is 25.7 Å². The summed E-state index contributed by atoms with van der Waals surface area (Å²) in [6, 6.07) is 7.04. The number of piperidine rings is 2. The van der Waals surface area contributed by atoms with Crippen LogP contribution in [0.15, 0.2) is 36.4 Å². The molecule has 2 fully saturated rings. The maximum atomic E-state index is 13.3. The molecule has 3 heterocycles. The summed E-state index contributed by atoms with van der Waals surface area (Å²) in [6.07, 6.45) is -4.94. The number of nitrogens with zero attached hydrogens (tertiary/aromatic N) is 2. The van der Waals surface area contributed by atoms with Gasteiger partial charge < -0.3 is 19.7 Å². The lowest BCUT2D eigenvalue weighted by Gasteiger charge is -2.43. The van der Waals surface area contributed by atoms with E-state index in [1.165, 1.54) is 19.3 Å². The van der Waals surface area contributed by atoms with Crippen molar-refractivity contribution in [3.05, 3.63) is 58.7 Å². The highest BCUT2D eigenvalue weighted by molar-refractivity contribution is 5.78. The summed E-state index contributed by atoms with van der Waals surface area (Å²) in [7, 11) is 0. The molecule has 3 aliphatic rings. The lowest BCUT2D eigenvalue weighted by molar-refractivity contribution is -0.143. The van der Waals surface area contributed by atoms with Crippen molar-refractivity contribution in [3.63, 3.8) is 0 Å². The third-order valence-corrected chi connectivity index (χ3v) is 8.13. The molecule has 0 spiro atoms. The SMILES string of the molecule is O=C(Cc1cc(C(F)(F)F)cc(C(F)(F)F)c1)NCC(c1ccc2c(c1)OCO2)N1CCC(N2CCCCC2)CC1.